The van der Waals surface area contributed by atoms with Crippen molar-refractivity contribution in [3.63, 3.8) is 0 Å². The molecule has 7 nitrogen and oxygen atoms in total. The SMILES string of the molecule is Cn1cnc([N+](=O)[O-])c1Sc1c(Cl)cc(Cl)cc1C(=O)O. The molecule has 10 heteroatoms. The third-order valence-corrected chi connectivity index (χ3v) is 4.41. The van der Waals surface area contributed by atoms with Crippen molar-refractivity contribution in [1.82, 2.24) is 9.55 Å². The summed E-state index contributed by atoms with van der Waals surface area (Å²) in [6, 6.07) is 2.61. The number of benzene rings is 1. The van der Waals surface area contributed by atoms with Gasteiger partial charge in [0.25, 0.3) is 0 Å². The molecule has 0 bridgehead atoms. The molecular formula is C11H7Cl2N3O4S. The van der Waals surface area contributed by atoms with E-state index in [1.807, 2.05) is 0 Å². The first kappa shape index (κ1) is 15.6. The van der Waals surface area contributed by atoms with Gasteiger partial charge in [-0.05, 0) is 22.0 Å². The van der Waals surface area contributed by atoms with Gasteiger partial charge in [-0.2, -0.15) is 0 Å². The first-order valence-corrected chi connectivity index (χ1v) is 6.94. The van der Waals surface area contributed by atoms with Crippen LogP contribution in [0.25, 0.3) is 0 Å². The minimum Gasteiger partial charge on any atom is -0.478 e. The van der Waals surface area contributed by atoms with E-state index >= 15 is 0 Å². The number of halogens is 2. The summed E-state index contributed by atoms with van der Waals surface area (Å²) < 4.78 is 1.42. The molecular weight excluding hydrogens is 341 g/mol. The highest BCUT2D eigenvalue weighted by Crippen LogP contribution is 2.40. The molecule has 0 aliphatic carbocycles. The number of aromatic nitrogens is 2. The number of nitrogens with zero attached hydrogens (tertiary/aromatic N) is 3. The summed E-state index contributed by atoms with van der Waals surface area (Å²) in [6.07, 6.45) is 1.27. The Balaban J connectivity index is 2.57. The second kappa shape index (κ2) is 5.92. The van der Waals surface area contributed by atoms with E-state index in [0.717, 1.165) is 11.8 Å². The standard InChI is InChI=1S/C11H7Cl2N3O4S/c1-15-4-14-9(16(19)20)10(15)21-8-6(11(17)18)2-5(12)3-7(8)13/h2-4H,1H3,(H,17,18). The van der Waals surface area contributed by atoms with Gasteiger partial charge in [0.05, 0.1) is 10.6 Å². The van der Waals surface area contributed by atoms with Gasteiger partial charge in [-0.1, -0.05) is 35.0 Å². The molecule has 0 saturated heterocycles. The fourth-order valence-electron chi connectivity index (χ4n) is 1.57. The minimum atomic E-state index is -1.23. The summed E-state index contributed by atoms with van der Waals surface area (Å²) in [4.78, 5) is 25.4. The van der Waals surface area contributed by atoms with Crippen LogP contribution in [0.5, 0.6) is 0 Å². The van der Waals surface area contributed by atoms with Crippen molar-refractivity contribution in [2.45, 2.75) is 9.92 Å². The number of nitro groups is 1. The second-order valence-electron chi connectivity index (χ2n) is 3.91. The number of carbonyl (C=O) groups is 1. The van der Waals surface area contributed by atoms with Crippen molar-refractivity contribution in [2.24, 2.45) is 7.05 Å². The van der Waals surface area contributed by atoms with E-state index in [4.69, 9.17) is 23.2 Å². The molecule has 0 amide bonds. The predicted molar refractivity (Wildman–Crippen MR) is 77.4 cm³/mol. The van der Waals surface area contributed by atoms with Crippen LogP contribution in [0.15, 0.2) is 28.4 Å². The van der Waals surface area contributed by atoms with E-state index in [0.29, 0.717) is 0 Å². The van der Waals surface area contributed by atoms with Gasteiger partial charge < -0.3 is 19.8 Å². The molecule has 0 aliphatic heterocycles. The fourth-order valence-corrected chi connectivity index (χ4v) is 3.19. The smallest absolute Gasteiger partial charge is 0.396 e. The van der Waals surface area contributed by atoms with Gasteiger partial charge in [-0.25, -0.2) is 4.79 Å². The van der Waals surface area contributed by atoms with Crippen molar-refractivity contribution < 1.29 is 14.8 Å². The van der Waals surface area contributed by atoms with Crippen molar-refractivity contribution >= 4 is 46.8 Å². The Morgan fingerprint density at radius 2 is 2.14 bits per heavy atom. The van der Waals surface area contributed by atoms with Gasteiger partial charge >= 0.3 is 11.8 Å². The highest BCUT2D eigenvalue weighted by atomic mass is 35.5. The van der Waals surface area contributed by atoms with Crippen LogP contribution < -0.4 is 0 Å². The zero-order valence-corrected chi connectivity index (χ0v) is 12.7. The monoisotopic (exact) mass is 347 g/mol. The highest BCUT2D eigenvalue weighted by Gasteiger charge is 2.25. The second-order valence-corrected chi connectivity index (χ2v) is 5.76. The van der Waals surface area contributed by atoms with Gasteiger partial charge in [0.2, 0.25) is 6.33 Å². The van der Waals surface area contributed by atoms with Crippen LogP contribution in [-0.4, -0.2) is 25.6 Å². The lowest BCUT2D eigenvalue weighted by atomic mass is 10.2. The van der Waals surface area contributed by atoms with Crippen LogP contribution >= 0.6 is 35.0 Å². The van der Waals surface area contributed by atoms with E-state index in [1.54, 1.807) is 7.05 Å². The van der Waals surface area contributed by atoms with E-state index in [2.05, 4.69) is 4.98 Å². The largest absolute Gasteiger partial charge is 0.478 e. The van der Waals surface area contributed by atoms with Crippen molar-refractivity contribution in [3.05, 3.63) is 44.2 Å². The number of hydrogen-bond donors (Lipinski definition) is 1. The number of aromatic carboxylic acids is 1. The lowest BCUT2D eigenvalue weighted by Crippen LogP contribution is -2.01. The van der Waals surface area contributed by atoms with Crippen LogP contribution in [0.2, 0.25) is 10.0 Å². The highest BCUT2D eigenvalue weighted by molar-refractivity contribution is 7.99. The molecule has 0 radical (unpaired) electrons. The van der Waals surface area contributed by atoms with Crippen molar-refractivity contribution in [3.8, 4) is 0 Å². The molecule has 0 spiro atoms. The third kappa shape index (κ3) is 3.12. The number of carboxylic acids is 1. The van der Waals surface area contributed by atoms with E-state index in [1.165, 1.54) is 23.0 Å². The maximum absolute atomic E-state index is 11.3. The molecule has 0 atom stereocenters. The van der Waals surface area contributed by atoms with Crippen molar-refractivity contribution in [1.29, 1.82) is 0 Å². The molecule has 0 unspecified atom stereocenters. The lowest BCUT2D eigenvalue weighted by molar-refractivity contribution is -0.392. The fraction of sp³-hybridized carbons (Fsp3) is 0.0909. The molecule has 1 heterocycles. The Kier molecular flexibility index (Phi) is 4.40. The lowest BCUT2D eigenvalue weighted by Gasteiger charge is -2.08. The molecule has 2 aromatic rings. The van der Waals surface area contributed by atoms with E-state index < -0.39 is 10.9 Å². The molecule has 1 aromatic carbocycles. The number of imidazole rings is 1. The number of rotatable bonds is 4. The Bertz CT molecular complexity index is 747. The first-order chi connectivity index (χ1) is 9.81. The quantitative estimate of drug-likeness (QED) is 0.671. The summed E-state index contributed by atoms with van der Waals surface area (Å²) in [5, 5.41) is 20.6. The number of carboxylic acid groups (broad SMARTS) is 1. The zero-order chi connectivity index (χ0) is 15.7. The topological polar surface area (TPSA) is 98.3 Å². The third-order valence-electron chi connectivity index (χ3n) is 2.48. The Morgan fingerprint density at radius 1 is 1.48 bits per heavy atom. The molecule has 0 fully saturated rings. The maximum Gasteiger partial charge on any atom is 0.396 e. The van der Waals surface area contributed by atoms with Crippen LogP contribution in [-0.2, 0) is 7.05 Å². The Labute approximate surface area is 132 Å². The minimum absolute atomic E-state index is 0.0976. The van der Waals surface area contributed by atoms with Crippen LogP contribution in [0.1, 0.15) is 10.4 Å². The van der Waals surface area contributed by atoms with Crippen LogP contribution in [0, 0.1) is 10.1 Å². The average Bonchev–Trinajstić information content (AvgIpc) is 2.73. The first-order valence-electron chi connectivity index (χ1n) is 5.37. The van der Waals surface area contributed by atoms with E-state index in [-0.39, 0.29) is 31.3 Å². The number of aryl methyl sites for hydroxylation is 1. The summed E-state index contributed by atoms with van der Waals surface area (Å²) in [5.74, 6) is -1.60. The molecule has 1 N–H and O–H groups in total. The van der Waals surface area contributed by atoms with Crippen LogP contribution in [0.3, 0.4) is 0 Å². The molecule has 21 heavy (non-hydrogen) atoms. The molecule has 110 valence electrons. The molecule has 1 aromatic heterocycles. The van der Waals surface area contributed by atoms with Crippen molar-refractivity contribution in [2.75, 3.05) is 0 Å². The normalized spacial score (nSPS) is 10.6. The Hall–Kier alpha value is -1.77. The average molecular weight is 348 g/mol. The van der Waals surface area contributed by atoms with Gasteiger partial charge in [-0.3, -0.25) is 0 Å². The van der Waals surface area contributed by atoms with Gasteiger partial charge in [-0.15, -0.1) is 0 Å². The molecule has 0 saturated carbocycles. The van der Waals surface area contributed by atoms with E-state index in [9.17, 15) is 20.0 Å². The predicted octanol–water partition coefficient (Wildman–Crippen LogP) is 3.48. The number of hydrogen-bond acceptors (Lipinski definition) is 5. The summed E-state index contributed by atoms with van der Waals surface area (Å²) in [7, 11) is 1.56. The molecule has 0 aliphatic rings. The maximum atomic E-state index is 11.3. The summed E-state index contributed by atoms with van der Waals surface area (Å²) in [5.41, 5.74) is -0.131. The van der Waals surface area contributed by atoms with Crippen LogP contribution in [0.4, 0.5) is 5.82 Å². The zero-order valence-electron chi connectivity index (χ0n) is 10.4. The molecule has 2 rings (SSSR count). The summed E-state index contributed by atoms with van der Waals surface area (Å²) in [6.45, 7) is 0. The Morgan fingerprint density at radius 3 is 2.71 bits per heavy atom. The van der Waals surface area contributed by atoms with Gasteiger partial charge in [0.15, 0.2) is 5.03 Å². The van der Waals surface area contributed by atoms with Gasteiger partial charge in [0, 0.05) is 17.0 Å². The van der Waals surface area contributed by atoms with Gasteiger partial charge in [0.1, 0.15) is 0 Å². The summed E-state index contributed by atoms with van der Waals surface area (Å²) >= 11 is 12.6.